The summed E-state index contributed by atoms with van der Waals surface area (Å²) < 4.78 is 27.2. The fraction of sp³-hybridized carbons (Fsp3) is 0.367. The van der Waals surface area contributed by atoms with Crippen molar-refractivity contribution in [3.63, 3.8) is 0 Å². The van der Waals surface area contributed by atoms with Crippen LogP contribution < -0.4 is 15.4 Å². The number of amides is 1. The first kappa shape index (κ1) is 33.8. The minimum atomic E-state index is -4.07. The van der Waals surface area contributed by atoms with Crippen molar-refractivity contribution in [2.45, 2.75) is 57.4 Å². The third-order valence-electron chi connectivity index (χ3n) is 6.23. The number of pyridine rings is 1. The number of aromatic nitrogens is 1. The quantitative estimate of drug-likeness (QED) is 0.219. The zero-order chi connectivity index (χ0) is 30.4. The van der Waals surface area contributed by atoms with E-state index < -0.39 is 34.5 Å². The molecule has 9 nitrogen and oxygen atoms in total. The van der Waals surface area contributed by atoms with E-state index in [-0.39, 0.29) is 4.90 Å². The van der Waals surface area contributed by atoms with Gasteiger partial charge in [-0.15, -0.1) is 0 Å². The number of aryl methyl sites for hydroxylation is 4. The van der Waals surface area contributed by atoms with Crippen LogP contribution in [0.25, 0.3) is 0 Å². The predicted octanol–water partition coefficient (Wildman–Crippen LogP) is 4.27. The molecule has 0 radical (unpaired) electrons. The predicted molar refractivity (Wildman–Crippen MR) is 166 cm³/mol. The van der Waals surface area contributed by atoms with Crippen molar-refractivity contribution in [3.05, 3.63) is 88.6 Å². The number of anilines is 1. The Morgan fingerprint density at radius 1 is 1.00 bits per heavy atom. The molecule has 1 unspecified atom stereocenters. The number of hydrogen-bond acceptors (Lipinski definition) is 7. The molecule has 11 heteroatoms. The summed E-state index contributed by atoms with van der Waals surface area (Å²) in [4.78, 5) is 28.9. The van der Waals surface area contributed by atoms with Gasteiger partial charge in [0.2, 0.25) is 10.0 Å². The number of carboxylic acid groups (broad SMARTS) is 1. The molecule has 3 aromatic rings. The monoisotopic (exact) mass is 600 g/mol. The van der Waals surface area contributed by atoms with Crippen LogP contribution >= 0.6 is 12.6 Å². The van der Waals surface area contributed by atoms with Gasteiger partial charge in [0, 0.05) is 24.3 Å². The molecule has 4 rings (SSSR count). The molecule has 222 valence electrons. The number of carbonyl (C=O) groups is 2. The van der Waals surface area contributed by atoms with E-state index in [2.05, 4.69) is 40.1 Å². The fourth-order valence-electron chi connectivity index (χ4n) is 4.05. The van der Waals surface area contributed by atoms with Crippen molar-refractivity contribution in [1.29, 1.82) is 0 Å². The van der Waals surface area contributed by atoms with Gasteiger partial charge >= 0.3 is 5.97 Å². The molecule has 1 aliphatic rings. The standard InChI is InChI=1S/C27H30N4O5S.C2H6.CH4S/c1-18-4-14-23(15-5-18)37(35,36)31-24(27(33)34)17-29-26(32)21-9-6-19(7-10-21)8-12-22-13-11-20-3-2-16-28-25(20)30-22;2*1-2/h4-7,9-11,13-15,24,31H,2-3,8,12,16-17H2,1H3,(H,28,30)(H,29,32)(H,33,34);1-2H3;2H,1H3. The van der Waals surface area contributed by atoms with Gasteiger partial charge in [0.15, 0.2) is 0 Å². The number of carbonyl (C=O) groups excluding carboxylic acids is 1. The Kier molecular flexibility index (Phi) is 13.8. The molecule has 2 heterocycles. The number of aliphatic carboxylic acids is 1. The van der Waals surface area contributed by atoms with E-state index in [0.29, 0.717) is 5.56 Å². The van der Waals surface area contributed by atoms with Gasteiger partial charge in [0.05, 0.1) is 4.90 Å². The Balaban J connectivity index is 0.00000141. The number of rotatable bonds is 10. The summed E-state index contributed by atoms with van der Waals surface area (Å²) in [6.45, 7) is 6.35. The fourth-order valence-corrected chi connectivity index (χ4v) is 5.24. The summed E-state index contributed by atoms with van der Waals surface area (Å²) in [5.74, 6) is -0.913. The molecule has 41 heavy (non-hydrogen) atoms. The Bertz CT molecular complexity index is 1380. The van der Waals surface area contributed by atoms with Crippen molar-refractivity contribution in [1.82, 2.24) is 15.0 Å². The van der Waals surface area contributed by atoms with Gasteiger partial charge in [0.25, 0.3) is 5.91 Å². The second-order valence-corrected chi connectivity index (χ2v) is 10.8. The lowest BCUT2D eigenvalue weighted by atomic mass is 10.0. The zero-order valence-corrected chi connectivity index (χ0v) is 25.7. The smallest absolute Gasteiger partial charge is 0.323 e. The number of fused-ring (bicyclic) bond motifs is 1. The SMILES string of the molecule is CC.CS.Cc1ccc(S(=O)(=O)NC(CNC(=O)c2ccc(CCc3ccc4c(n3)NCCC4)cc2)C(=O)O)cc1. The van der Waals surface area contributed by atoms with Crippen LogP contribution in [0, 0.1) is 6.92 Å². The molecule has 1 aromatic heterocycles. The lowest BCUT2D eigenvalue weighted by Gasteiger charge is -2.17. The lowest BCUT2D eigenvalue weighted by Crippen LogP contribution is -2.48. The number of hydrogen-bond donors (Lipinski definition) is 5. The van der Waals surface area contributed by atoms with Crippen molar-refractivity contribution in [2.24, 2.45) is 0 Å². The maximum atomic E-state index is 12.6. The van der Waals surface area contributed by atoms with Crippen LogP contribution in [0.5, 0.6) is 0 Å². The average molecular weight is 601 g/mol. The molecule has 1 amide bonds. The van der Waals surface area contributed by atoms with Crippen LogP contribution in [0.4, 0.5) is 5.82 Å². The second kappa shape index (κ2) is 16.8. The summed E-state index contributed by atoms with van der Waals surface area (Å²) in [5.41, 5.74) is 4.52. The van der Waals surface area contributed by atoms with Crippen molar-refractivity contribution < 1.29 is 23.1 Å². The maximum Gasteiger partial charge on any atom is 0.323 e. The molecule has 0 fully saturated rings. The molecule has 0 bridgehead atoms. The molecule has 0 spiro atoms. The molecular weight excluding hydrogens is 560 g/mol. The van der Waals surface area contributed by atoms with E-state index in [1.54, 1.807) is 30.5 Å². The number of nitrogens with zero attached hydrogens (tertiary/aromatic N) is 1. The van der Waals surface area contributed by atoms with Crippen molar-refractivity contribution >= 4 is 40.3 Å². The number of benzene rings is 2. The van der Waals surface area contributed by atoms with Crippen LogP contribution in [-0.4, -0.2) is 55.8 Å². The molecule has 1 atom stereocenters. The first-order chi connectivity index (χ1) is 19.7. The van der Waals surface area contributed by atoms with E-state index in [9.17, 15) is 23.1 Å². The highest BCUT2D eigenvalue weighted by Crippen LogP contribution is 2.20. The molecule has 1 aliphatic heterocycles. The number of carboxylic acids is 1. The Hall–Kier alpha value is -3.41. The van der Waals surface area contributed by atoms with E-state index in [4.69, 9.17) is 4.98 Å². The van der Waals surface area contributed by atoms with Gasteiger partial charge in [0.1, 0.15) is 11.9 Å². The Morgan fingerprint density at radius 2 is 1.66 bits per heavy atom. The van der Waals surface area contributed by atoms with Crippen LogP contribution in [0.2, 0.25) is 0 Å². The van der Waals surface area contributed by atoms with E-state index >= 15 is 0 Å². The molecule has 0 saturated heterocycles. The van der Waals surface area contributed by atoms with Gasteiger partial charge in [-0.1, -0.05) is 49.7 Å². The van der Waals surface area contributed by atoms with E-state index in [1.807, 2.05) is 32.9 Å². The number of thiol groups is 1. The van der Waals surface area contributed by atoms with E-state index in [1.165, 1.54) is 17.7 Å². The highest BCUT2D eigenvalue weighted by Gasteiger charge is 2.26. The highest BCUT2D eigenvalue weighted by molar-refractivity contribution is 7.89. The van der Waals surface area contributed by atoms with Gasteiger partial charge in [-0.3, -0.25) is 9.59 Å². The zero-order valence-electron chi connectivity index (χ0n) is 24.0. The normalized spacial score (nSPS) is 12.7. The molecular formula is C30H40N4O5S2. The maximum absolute atomic E-state index is 12.6. The van der Waals surface area contributed by atoms with E-state index in [0.717, 1.165) is 54.9 Å². The number of nitrogens with one attached hydrogen (secondary N) is 3. The van der Waals surface area contributed by atoms with Crippen molar-refractivity contribution in [2.75, 3.05) is 24.7 Å². The van der Waals surface area contributed by atoms with Gasteiger partial charge in [-0.05, 0) is 80.3 Å². The highest BCUT2D eigenvalue weighted by atomic mass is 32.2. The minimum absolute atomic E-state index is 0.0480. The van der Waals surface area contributed by atoms with Gasteiger partial charge in [-0.25, -0.2) is 13.4 Å². The summed E-state index contributed by atoms with van der Waals surface area (Å²) in [6.07, 6.45) is 5.39. The first-order valence-corrected chi connectivity index (χ1v) is 16.0. The first-order valence-electron chi connectivity index (χ1n) is 13.6. The number of sulfonamides is 1. The summed E-state index contributed by atoms with van der Waals surface area (Å²) in [7, 11) is -4.07. The summed E-state index contributed by atoms with van der Waals surface area (Å²) >= 11 is 3.53. The largest absolute Gasteiger partial charge is 0.480 e. The Morgan fingerprint density at radius 3 is 2.29 bits per heavy atom. The molecule has 4 N–H and O–H groups in total. The molecule has 0 saturated carbocycles. The van der Waals surface area contributed by atoms with Crippen LogP contribution in [0.1, 0.15) is 53.0 Å². The minimum Gasteiger partial charge on any atom is -0.480 e. The lowest BCUT2D eigenvalue weighted by molar-refractivity contribution is -0.138. The molecule has 2 aromatic carbocycles. The third-order valence-corrected chi connectivity index (χ3v) is 7.72. The topological polar surface area (TPSA) is 137 Å². The van der Waals surface area contributed by atoms with Crippen LogP contribution in [0.3, 0.4) is 0 Å². The van der Waals surface area contributed by atoms with Crippen molar-refractivity contribution in [3.8, 4) is 0 Å². The second-order valence-electron chi connectivity index (χ2n) is 9.07. The van der Waals surface area contributed by atoms with Gasteiger partial charge in [-0.2, -0.15) is 17.4 Å². The summed E-state index contributed by atoms with van der Waals surface area (Å²) in [6, 6.07) is 15.7. The average Bonchev–Trinajstić information content (AvgIpc) is 3.00. The molecule has 0 aliphatic carbocycles. The van der Waals surface area contributed by atoms with Crippen LogP contribution in [-0.2, 0) is 34.1 Å². The Labute approximate surface area is 248 Å². The van der Waals surface area contributed by atoms with Crippen LogP contribution in [0.15, 0.2) is 65.6 Å². The van der Waals surface area contributed by atoms with Gasteiger partial charge < -0.3 is 15.7 Å². The summed E-state index contributed by atoms with van der Waals surface area (Å²) in [5, 5.41) is 15.3. The third kappa shape index (κ3) is 10.2.